The van der Waals surface area contributed by atoms with Gasteiger partial charge in [0.15, 0.2) is 6.61 Å². The van der Waals surface area contributed by atoms with E-state index in [0.717, 1.165) is 8.95 Å². The van der Waals surface area contributed by atoms with Crippen molar-refractivity contribution < 1.29 is 14.3 Å². The molecule has 0 aliphatic carbocycles. The van der Waals surface area contributed by atoms with Crippen molar-refractivity contribution in [3.8, 4) is 0 Å². The lowest BCUT2D eigenvalue weighted by atomic mass is 10.3. The van der Waals surface area contributed by atoms with Gasteiger partial charge in [-0.25, -0.2) is 0 Å². The number of amides is 1. The standard InChI is InChI=1S/C12H13Br2NO3/c1-2-3-12(17)18-7-11(16)15-10-5-4-8(13)6-9(10)14/h4-6H,2-3,7H2,1H3,(H,15,16). The smallest absolute Gasteiger partial charge is 0.306 e. The number of hydrogen-bond acceptors (Lipinski definition) is 3. The number of nitrogens with one attached hydrogen (secondary N) is 1. The topological polar surface area (TPSA) is 55.4 Å². The van der Waals surface area contributed by atoms with Gasteiger partial charge in [-0.15, -0.1) is 0 Å². The molecule has 0 saturated heterocycles. The third-order valence-electron chi connectivity index (χ3n) is 2.02. The first-order valence-corrected chi connectivity index (χ1v) is 7.02. The van der Waals surface area contributed by atoms with Gasteiger partial charge in [-0.1, -0.05) is 22.9 Å². The lowest BCUT2D eigenvalue weighted by Crippen LogP contribution is -2.20. The van der Waals surface area contributed by atoms with Crippen molar-refractivity contribution in [2.75, 3.05) is 11.9 Å². The van der Waals surface area contributed by atoms with E-state index >= 15 is 0 Å². The van der Waals surface area contributed by atoms with Crippen LogP contribution in [0.15, 0.2) is 27.1 Å². The molecule has 0 aliphatic rings. The molecule has 1 aromatic carbocycles. The van der Waals surface area contributed by atoms with Gasteiger partial charge in [0.2, 0.25) is 0 Å². The van der Waals surface area contributed by atoms with Gasteiger partial charge in [-0.05, 0) is 40.5 Å². The summed E-state index contributed by atoms with van der Waals surface area (Å²) in [5, 5.41) is 2.65. The molecule has 0 unspecified atom stereocenters. The maximum absolute atomic E-state index is 11.5. The van der Waals surface area contributed by atoms with E-state index in [9.17, 15) is 9.59 Å². The molecular formula is C12H13Br2NO3. The van der Waals surface area contributed by atoms with E-state index in [2.05, 4.69) is 37.2 Å². The molecule has 0 aliphatic heterocycles. The number of anilines is 1. The third kappa shape index (κ3) is 5.18. The molecule has 1 amide bonds. The number of esters is 1. The van der Waals surface area contributed by atoms with E-state index in [0.29, 0.717) is 18.5 Å². The molecule has 18 heavy (non-hydrogen) atoms. The highest BCUT2D eigenvalue weighted by Gasteiger charge is 2.08. The Kier molecular flexibility index (Phi) is 6.35. The molecule has 0 radical (unpaired) electrons. The maximum atomic E-state index is 11.5. The van der Waals surface area contributed by atoms with E-state index in [-0.39, 0.29) is 18.5 Å². The van der Waals surface area contributed by atoms with Crippen molar-refractivity contribution in [2.45, 2.75) is 19.8 Å². The van der Waals surface area contributed by atoms with E-state index in [1.807, 2.05) is 19.1 Å². The zero-order chi connectivity index (χ0) is 13.5. The molecule has 0 bridgehead atoms. The maximum Gasteiger partial charge on any atom is 0.306 e. The second-order valence-corrected chi connectivity index (χ2v) is 5.35. The molecule has 0 aromatic heterocycles. The number of benzene rings is 1. The van der Waals surface area contributed by atoms with E-state index in [4.69, 9.17) is 4.74 Å². The van der Waals surface area contributed by atoms with Crippen LogP contribution < -0.4 is 5.32 Å². The van der Waals surface area contributed by atoms with Crippen LogP contribution in [-0.2, 0) is 14.3 Å². The van der Waals surface area contributed by atoms with Gasteiger partial charge in [0.1, 0.15) is 0 Å². The lowest BCUT2D eigenvalue weighted by Gasteiger charge is -2.08. The molecule has 4 nitrogen and oxygen atoms in total. The first-order chi connectivity index (χ1) is 8.52. The fourth-order valence-corrected chi connectivity index (χ4v) is 2.35. The highest BCUT2D eigenvalue weighted by atomic mass is 79.9. The van der Waals surface area contributed by atoms with Crippen LogP contribution in [0.1, 0.15) is 19.8 Å². The zero-order valence-electron chi connectivity index (χ0n) is 9.83. The summed E-state index contributed by atoms with van der Waals surface area (Å²) in [6.07, 6.45) is 1.04. The van der Waals surface area contributed by atoms with Crippen molar-refractivity contribution in [2.24, 2.45) is 0 Å². The van der Waals surface area contributed by atoms with E-state index in [1.165, 1.54) is 0 Å². The first kappa shape index (κ1) is 15.2. The minimum atomic E-state index is -0.359. The molecule has 1 rings (SSSR count). The average molecular weight is 379 g/mol. The Morgan fingerprint density at radius 3 is 2.67 bits per heavy atom. The lowest BCUT2D eigenvalue weighted by molar-refractivity contribution is -0.147. The predicted molar refractivity (Wildman–Crippen MR) is 76.3 cm³/mol. The number of rotatable bonds is 5. The number of hydrogen-bond donors (Lipinski definition) is 1. The molecule has 0 fully saturated rings. The molecule has 0 saturated carbocycles. The summed E-state index contributed by atoms with van der Waals surface area (Å²) in [6.45, 7) is 1.61. The van der Waals surface area contributed by atoms with Crippen molar-refractivity contribution in [3.63, 3.8) is 0 Å². The van der Waals surface area contributed by atoms with Crippen LogP contribution in [0.5, 0.6) is 0 Å². The van der Waals surface area contributed by atoms with E-state index in [1.54, 1.807) is 6.07 Å². The number of carbonyl (C=O) groups is 2. The largest absolute Gasteiger partial charge is 0.456 e. The Hall–Kier alpha value is -0.880. The van der Waals surface area contributed by atoms with Gasteiger partial charge in [-0.2, -0.15) is 0 Å². The molecule has 0 spiro atoms. The van der Waals surface area contributed by atoms with E-state index < -0.39 is 0 Å². The molecular weight excluding hydrogens is 366 g/mol. The van der Waals surface area contributed by atoms with Gasteiger partial charge in [-0.3, -0.25) is 9.59 Å². The van der Waals surface area contributed by atoms with Crippen LogP contribution in [0.3, 0.4) is 0 Å². The Morgan fingerprint density at radius 2 is 2.06 bits per heavy atom. The molecule has 1 aromatic rings. The van der Waals surface area contributed by atoms with Gasteiger partial charge in [0.05, 0.1) is 5.69 Å². The predicted octanol–water partition coefficient (Wildman–Crippen LogP) is 3.49. The minimum absolute atomic E-state index is 0.263. The Balaban J connectivity index is 2.47. The van der Waals surface area contributed by atoms with Crippen molar-refractivity contribution in [1.29, 1.82) is 0 Å². The third-order valence-corrected chi connectivity index (χ3v) is 3.17. The van der Waals surface area contributed by atoms with Gasteiger partial charge in [0.25, 0.3) is 5.91 Å². The monoisotopic (exact) mass is 377 g/mol. The molecule has 98 valence electrons. The fraction of sp³-hybridized carbons (Fsp3) is 0.333. The number of carbonyl (C=O) groups excluding carboxylic acids is 2. The molecule has 6 heteroatoms. The van der Waals surface area contributed by atoms with Crippen LogP contribution in [0.2, 0.25) is 0 Å². The summed E-state index contributed by atoms with van der Waals surface area (Å²) in [6, 6.07) is 5.38. The molecule has 1 N–H and O–H groups in total. The Labute approximate surface area is 122 Å². The van der Waals surface area contributed by atoms with Crippen LogP contribution >= 0.6 is 31.9 Å². The van der Waals surface area contributed by atoms with Crippen molar-refractivity contribution >= 4 is 49.4 Å². The van der Waals surface area contributed by atoms with Gasteiger partial charge >= 0.3 is 5.97 Å². The van der Waals surface area contributed by atoms with Gasteiger partial charge in [0, 0.05) is 15.4 Å². The van der Waals surface area contributed by atoms with Crippen LogP contribution in [0, 0.1) is 0 Å². The van der Waals surface area contributed by atoms with Crippen LogP contribution in [-0.4, -0.2) is 18.5 Å². The van der Waals surface area contributed by atoms with Crippen molar-refractivity contribution in [3.05, 3.63) is 27.1 Å². The molecule has 0 atom stereocenters. The highest BCUT2D eigenvalue weighted by Crippen LogP contribution is 2.25. The average Bonchev–Trinajstić information content (AvgIpc) is 2.31. The minimum Gasteiger partial charge on any atom is -0.456 e. The number of halogens is 2. The highest BCUT2D eigenvalue weighted by molar-refractivity contribution is 9.11. The summed E-state index contributed by atoms with van der Waals surface area (Å²) in [5.41, 5.74) is 0.634. The Bertz CT molecular complexity index is 449. The summed E-state index contributed by atoms with van der Waals surface area (Å²) < 4.78 is 6.46. The second kappa shape index (κ2) is 7.53. The second-order valence-electron chi connectivity index (χ2n) is 3.58. The summed E-state index contributed by atoms with van der Waals surface area (Å²) in [5.74, 6) is -0.718. The summed E-state index contributed by atoms with van der Waals surface area (Å²) in [7, 11) is 0. The van der Waals surface area contributed by atoms with Gasteiger partial charge < -0.3 is 10.1 Å². The Morgan fingerprint density at radius 1 is 1.33 bits per heavy atom. The normalized spacial score (nSPS) is 9.94. The quantitative estimate of drug-likeness (QED) is 0.798. The summed E-state index contributed by atoms with van der Waals surface area (Å²) >= 11 is 6.65. The fourth-order valence-electron chi connectivity index (χ4n) is 1.20. The zero-order valence-corrected chi connectivity index (χ0v) is 13.0. The SMILES string of the molecule is CCCC(=O)OCC(=O)Nc1ccc(Br)cc1Br. The summed E-state index contributed by atoms with van der Waals surface area (Å²) in [4.78, 5) is 22.6. The first-order valence-electron chi connectivity index (χ1n) is 5.43. The van der Waals surface area contributed by atoms with Crippen LogP contribution in [0.4, 0.5) is 5.69 Å². The molecule has 0 heterocycles. The van der Waals surface area contributed by atoms with Crippen molar-refractivity contribution in [1.82, 2.24) is 0 Å². The van der Waals surface area contributed by atoms with Crippen LogP contribution in [0.25, 0.3) is 0 Å². The number of ether oxygens (including phenoxy) is 1.